The molecule has 0 bridgehead atoms. The molecule has 3 aromatic carbocycles. The predicted octanol–water partition coefficient (Wildman–Crippen LogP) is 7.00. The van der Waals surface area contributed by atoms with E-state index in [1.165, 1.54) is 14.7 Å². The summed E-state index contributed by atoms with van der Waals surface area (Å²) in [6.07, 6.45) is 0. The minimum Gasteiger partial charge on any atom is -0.121 e. The Morgan fingerprint density at radius 3 is 1.04 bits per heavy atom. The first-order valence-electron chi connectivity index (χ1n) is 7.96. The first-order chi connectivity index (χ1) is 12.3. The van der Waals surface area contributed by atoms with Gasteiger partial charge >= 0.3 is 0 Å². The standard InChI is InChI=1S/C21H18Cl3S/c22-13-16-7-1-4-10-19(16)25(20-11-5-2-8-17(20)14-23)21-12-6-3-9-18(21)15-24/h1-12H,13-15H2/q+1. The Balaban J connectivity index is 2.29. The molecule has 0 nitrogen and oxygen atoms in total. The average molecular weight is 409 g/mol. The van der Waals surface area contributed by atoms with Crippen LogP contribution >= 0.6 is 34.8 Å². The summed E-state index contributed by atoms with van der Waals surface area (Å²) in [5, 5.41) is 0. The molecule has 0 saturated heterocycles. The minimum absolute atomic E-state index is 0.302. The van der Waals surface area contributed by atoms with Crippen molar-refractivity contribution in [1.82, 2.24) is 0 Å². The molecule has 0 N–H and O–H groups in total. The van der Waals surface area contributed by atoms with Crippen LogP contribution in [0.3, 0.4) is 0 Å². The third-order valence-electron chi connectivity index (χ3n) is 4.01. The van der Waals surface area contributed by atoms with Crippen molar-refractivity contribution in [2.45, 2.75) is 32.3 Å². The molecular weight excluding hydrogens is 391 g/mol. The van der Waals surface area contributed by atoms with Gasteiger partial charge in [0, 0.05) is 16.7 Å². The molecule has 0 spiro atoms. The van der Waals surface area contributed by atoms with Crippen LogP contribution in [0.1, 0.15) is 16.7 Å². The molecule has 0 aliphatic heterocycles. The van der Waals surface area contributed by atoms with Crippen molar-refractivity contribution < 1.29 is 0 Å². The van der Waals surface area contributed by atoms with Crippen LogP contribution in [0.25, 0.3) is 0 Å². The highest BCUT2D eigenvalue weighted by Crippen LogP contribution is 2.38. The van der Waals surface area contributed by atoms with Gasteiger partial charge in [0.1, 0.15) is 10.9 Å². The van der Waals surface area contributed by atoms with Crippen molar-refractivity contribution in [1.29, 1.82) is 0 Å². The Hall–Kier alpha value is -1.12. The van der Waals surface area contributed by atoms with Crippen LogP contribution in [0.5, 0.6) is 0 Å². The van der Waals surface area contributed by atoms with Crippen LogP contribution in [-0.4, -0.2) is 0 Å². The summed E-state index contributed by atoms with van der Waals surface area (Å²) in [7, 11) is -0.302. The lowest BCUT2D eigenvalue weighted by Crippen LogP contribution is -2.11. The molecule has 3 rings (SSSR count). The molecule has 0 aromatic heterocycles. The predicted molar refractivity (Wildman–Crippen MR) is 110 cm³/mol. The second kappa shape index (κ2) is 9.00. The number of hydrogen-bond donors (Lipinski definition) is 0. The van der Waals surface area contributed by atoms with Crippen molar-refractivity contribution in [3.8, 4) is 0 Å². The van der Waals surface area contributed by atoms with Gasteiger partial charge < -0.3 is 0 Å². The van der Waals surface area contributed by atoms with E-state index in [0.29, 0.717) is 17.6 Å². The zero-order chi connectivity index (χ0) is 17.6. The number of hydrogen-bond acceptors (Lipinski definition) is 0. The smallest absolute Gasteiger partial charge is 0.121 e. The Morgan fingerprint density at radius 2 is 0.760 bits per heavy atom. The first kappa shape index (κ1) is 18.7. The molecule has 0 amide bonds. The van der Waals surface area contributed by atoms with Crippen LogP contribution in [0.15, 0.2) is 87.5 Å². The van der Waals surface area contributed by atoms with Gasteiger partial charge in [0.15, 0.2) is 14.7 Å². The molecule has 0 aliphatic carbocycles. The maximum atomic E-state index is 6.25. The molecule has 3 aromatic rings. The van der Waals surface area contributed by atoms with Gasteiger partial charge in [-0.05, 0) is 18.2 Å². The molecule has 0 atom stereocenters. The normalized spacial score (nSPS) is 11.0. The maximum absolute atomic E-state index is 6.25. The first-order valence-corrected chi connectivity index (χ1v) is 10.8. The lowest BCUT2D eigenvalue weighted by Gasteiger charge is -2.15. The second-order valence-electron chi connectivity index (χ2n) is 5.53. The largest absolute Gasteiger partial charge is 0.170 e. The maximum Gasteiger partial charge on any atom is 0.170 e. The van der Waals surface area contributed by atoms with E-state index in [-0.39, 0.29) is 10.9 Å². The average Bonchev–Trinajstić information content (AvgIpc) is 2.69. The van der Waals surface area contributed by atoms with Crippen LogP contribution in [0, 0.1) is 0 Å². The van der Waals surface area contributed by atoms with E-state index in [2.05, 4.69) is 54.6 Å². The SMILES string of the molecule is ClCc1ccccc1[S+](c1ccccc1CCl)c1ccccc1CCl. The highest BCUT2D eigenvalue weighted by Gasteiger charge is 2.34. The van der Waals surface area contributed by atoms with Gasteiger partial charge in [-0.25, -0.2) is 0 Å². The third-order valence-corrected chi connectivity index (χ3v) is 7.39. The number of halogens is 3. The van der Waals surface area contributed by atoms with E-state index in [0.717, 1.165) is 16.7 Å². The van der Waals surface area contributed by atoms with Crippen LogP contribution in [0.4, 0.5) is 0 Å². The van der Waals surface area contributed by atoms with Gasteiger partial charge in [-0.1, -0.05) is 54.6 Å². The molecule has 0 radical (unpaired) electrons. The second-order valence-corrected chi connectivity index (χ2v) is 8.26. The zero-order valence-corrected chi connectivity index (χ0v) is 16.7. The summed E-state index contributed by atoms with van der Waals surface area (Å²) in [6.45, 7) is 0. The molecule has 0 saturated carbocycles. The molecular formula is C21H18Cl3S+. The van der Waals surface area contributed by atoms with E-state index in [4.69, 9.17) is 34.8 Å². The monoisotopic (exact) mass is 407 g/mol. The zero-order valence-electron chi connectivity index (χ0n) is 13.6. The Morgan fingerprint density at radius 1 is 0.480 bits per heavy atom. The van der Waals surface area contributed by atoms with Crippen molar-refractivity contribution in [3.63, 3.8) is 0 Å². The van der Waals surface area contributed by atoms with Crippen molar-refractivity contribution in [3.05, 3.63) is 89.5 Å². The van der Waals surface area contributed by atoms with Crippen LogP contribution in [-0.2, 0) is 28.5 Å². The van der Waals surface area contributed by atoms with Gasteiger partial charge in [0.05, 0.1) is 17.6 Å². The van der Waals surface area contributed by atoms with Gasteiger partial charge in [0.2, 0.25) is 0 Å². The Kier molecular flexibility index (Phi) is 6.72. The lowest BCUT2D eigenvalue weighted by molar-refractivity contribution is 1.17. The van der Waals surface area contributed by atoms with Crippen molar-refractivity contribution in [2.24, 2.45) is 0 Å². The van der Waals surface area contributed by atoms with Crippen molar-refractivity contribution >= 4 is 45.7 Å². The summed E-state index contributed by atoms with van der Waals surface area (Å²) >= 11 is 18.8. The van der Waals surface area contributed by atoms with Crippen LogP contribution in [0.2, 0.25) is 0 Å². The molecule has 25 heavy (non-hydrogen) atoms. The highest BCUT2D eigenvalue weighted by atomic mass is 35.5. The highest BCUT2D eigenvalue weighted by molar-refractivity contribution is 7.97. The quantitative estimate of drug-likeness (QED) is 0.304. The fourth-order valence-corrected chi connectivity index (χ4v) is 6.29. The van der Waals surface area contributed by atoms with E-state index < -0.39 is 0 Å². The van der Waals surface area contributed by atoms with Gasteiger partial charge in [-0.15, -0.1) is 34.8 Å². The molecule has 0 heterocycles. The summed E-state index contributed by atoms with van der Waals surface area (Å²) in [5.41, 5.74) is 3.42. The fraction of sp³-hybridized carbons (Fsp3) is 0.143. The van der Waals surface area contributed by atoms with E-state index in [1.807, 2.05) is 18.2 Å². The topological polar surface area (TPSA) is 0 Å². The minimum atomic E-state index is -0.302. The number of alkyl halides is 3. The lowest BCUT2D eigenvalue weighted by atomic mass is 10.2. The molecule has 0 fully saturated rings. The van der Waals surface area contributed by atoms with Gasteiger partial charge in [-0.3, -0.25) is 0 Å². The summed E-state index contributed by atoms with van der Waals surface area (Å²) in [5.74, 6) is 1.43. The van der Waals surface area contributed by atoms with Crippen molar-refractivity contribution in [2.75, 3.05) is 0 Å². The third kappa shape index (κ3) is 4.01. The summed E-state index contributed by atoms with van der Waals surface area (Å²) in [6, 6.07) is 25.1. The summed E-state index contributed by atoms with van der Waals surface area (Å²) in [4.78, 5) is 3.69. The molecule has 128 valence electrons. The van der Waals surface area contributed by atoms with E-state index >= 15 is 0 Å². The van der Waals surface area contributed by atoms with E-state index in [1.54, 1.807) is 0 Å². The Bertz CT molecular complexity index is 735. The van der Waals surface area contributed by atoms with E-state index in [9.17, 15) is 0 Å². The molecule has 0 aliphatic rings. The molecule has 4 heteroatoms. The number of rotatable bonds is 6. The Labute approximate surface area is 167 Å². The molecule has 0 unspecified atom stereocenters. The van der Waals surface area contributed by atoms with Crippen LogP contribution < -0.4 is 0 Å². The summed E-state index contributed by atoms with van der Waals surface area (Å²) < 4.78 is 0. The van der Waals surface area contributed by atoms with Gasteiger partial charge in [-0.2, -0.15) is 0 Å². The fourth-order valence-electron chi connectivity index (χ4n) is 2.80. The number of benzene rings is 3. The van der Waals surface area contributed by atoms with Gasteiger partial charge in [0.25, 0.3) is 0 Å².